The van der Waals surface area contributed by atoms with Crippen molar-refractivity contribution in [3.8, 4) is 5.69 Å². The molecule has 8 heteroatoms. The fourth-order valence-corrected chi connectivity index (χ4v) is 3.28. The van der Waals surface area contributed by atoms with Gasteiger partial charge < -0.3 is 5.32 Å². The summed E-state index contributed by atoms with van der Waals surface area (Å²) in [5.74, 6) is -0.129. The molecule has 0 aliphatic rings. The van der Waals surface area contributed by atoms with Gasteiger partial charge in [-0.25, -0.2) is 9.67 Å². The van der Waals surface area contributed by atoms with Crippen LogP contribution in [0.2, 0.25) is 10.0 Å². The van der Waals surface area contributed by atoms with Crippen molar-refractivity contribution >= 4 is 34.8 Å². The highest BCUT2D eigenvalue weighted by Gasteiger charge is 2.15. The highest BCUT2D eigenvalue weighted by molar-refractivity contribution is 6.39. The van der Waals surface area contributed by atoms with Crippen molar-refractivity contribution in [2.75, 3.05) is 18.9 Å². The summed E-state index contributed by atoms with van der Waals surface area (Å²) in [6, 6.07) is 13.4. The number of amides is 1. The number of rotatable bonds is 7. The number of nitrogens with one attached hydrogen (secondary N) is 1. The summed E-state index contributed by atoms with van der Waals surface area (Å²) >= 11 is 12.2. The number of benzene rings is 2. The fourth-order valence-electron chi connectivity index (χ4n) is 2.79. The van der Waals surface area contributed by atoms with Crippen molar-refractivity contribution in [1.82, 2.24) is 19.7 Å². The lowest BCUT2D eigenvalue weighted by Crippen LogP contribution is -2.27. The number of anilines is 1. The third-order valence-corrected chi connectivity index (χ3v) is 5.27. The minimum absolute atomic E-state index is 0.129. The van der Waals surface area contributed by atoms with Crippen LogP contribution in [0.1, 0.15) is 24.9 Å². The summed E-state index contributed by atoms with van der Waals surface area (Å²) in [5.41, 5.74) is 2.56. The third kappa shape index (κ3) is 4.90. The molecule has 1 amide bonds. The van der Waals surface area contributed by atoms with Gasteiger partial charge in [-0.05, 0) is 43.8 Å². The van der Waals surface area contributed by atoms with Gasteiger partial charge in [0.05, 0.1) is 21.4 Å². The second kappa shape index (κ2) is 9.19. The molecule has 0 saturated heterocycles. The van der Waals surface area contributed by atoms with Crippen LogP contribution in [0.5, 0.6) is 0 Å². The summed E-state index contributed by atoms with van der Waals surface area (Å²) in [7, 11) is 1.99. The minimum atomic E-state index is -0.129. The number of hydrogen-bond acceptors (Lipinski definition) is 4. The number of aromatic nitrogens is 3. The van der Waals surface area contributed by atoms with Crippen LogP contribution >= 0.6 is 23.2 Å². The summed E-state index contributed by atoms with van der Waals surface area (Å²) < 4.78 is 1.71. The topological polar surface area (TPSA) is 63.1 Å². The Morgan fingerprint density at radius 3 is 2.46 bits per heavy atom. The van der Waals surface area contributed by atoms with Gasteiger partial charge in [0, 0.05) is 19.0 Å². The van der Waals surface area contributed by atoms with E-state index in [4.69, 9.17) is 23.2 Å². The maximum absolute atomic E-state index is 12.3. The standard InChI is InChI=1S/C20H21Cl2N5O/c1-14(15-6-8-16(9-7-15)27-13-23-12-24-27)26(2)11-10-19(28)25-20-17(21)4-3-5-18(20)22/h3-9,12-14H,10-11H2,1-2H3,(H,25,28). The Morgan fingerprint density at radius 2 is 1.86 bits per heavy atom. The van der Waals surface area contributed by atoms with E-state index < -0.39 is 0 Å². The molecular weight excluding hydrogens is 397 g/mol. The van der Waals surface area contributed by atoms with Gasteiger partial charge in [-0.1, -0.05) is 41.4 Å². The molecule has 0 bridgehead atoms. The van der Waals surface area contributed by atoms with E-state index in [9.17, 15) is 4.79 Å². The number of para-hydroxylation sites is 1. The van der Waals surface area contributed by atoms with Crippen molar-refractivity contribution in [2.24, 2.45) is 0 Å². The molecule has 3 rings (SSSR count). The highest BCUT2D eigenvalue weighted by atomic mass is 35.5. The molecule has 3 aromatic rings. The molecule has 0 radical (unpaired) electrons. The molecular formula is C20H21Cl2N5O. The molecule has 1 aromatic heterocycles. The van der Waals surface area contributed by atoms with Crippen LogP contribution < -0.4 is 5.32 Å². The molecule has 1 heterocycles. The average Bonchev–Trinajstić information content (AvgIpc) is 3.23. The van der Waals surface area contributed by atoms with E-state index in [0.29, 0.717) is 28.7 Å². The van der Waals surface area contributed by atoms with Crippen molar-refractivity contribution in [2.45, 2.75) is 19.4 Å². The molecule has 0 aliphatic heterocycles. The quantitative estimate of drug-likeness (QED) is 0.610. The number of halogens is 2. The monoisotopic (exact) mass is 417 g/mol. The lowest BCUT2D eigenvalue weighted by molar-refractivity contribution is -0.116. The molecule has 1 unspecified atom stereocenters. The largest absolute Gasteiger partial charge is 0.324 e. The maximum atomic E-state index is 12.3. The highest BCUT2D eigenvalue weighted by Crippen LogP contribution is 2.30. The Morgan fingerprint density at radius 1 is 1.18 bits per heavy atom. The zero-order valence-corrected chi connectivity index (χ0v) is 17.2. The summed E-state index contributed by atoms with van der Waals surface area (Å²) in [6.45, 7) is 2.70. The first-order chi connectivity index (χ1) is 13.5. The first kappa shape index (κ1) is 20.3. The van der Waals surface area contributed by atoms with E-state index in [0.717, 1.165) is 11.3 Å². The summed E-state index contributed by atoms with van der Waals surface area (Å²) in [4.78, 5) is 18.4. The van der Waals surface area contributed by atoms with Crippen LogP contribution in [0.25, 0.3) is 5.69 Å². The summed E-state index contributed by atoms with van der Waals surface area (Å²) in [6.07, 6.45) is 3.50. The van der Waals surface area contributed by atoms with E-state index in [1.54, 1.807) is 29.2 Å². The average molecular weight is 418 g/mol. The number of hydrogen-bond donors (Lipinski definition) is 1. The van der Waals surface area contributed by atoms with Gasteiger partial charge in [-0.3, -0.25) is 9.69 Å². The van der Waals surface area contributed by atoms with E-state index in [1.807, 2.05) is 19.2 Å². The lowest BCUT2D eigenvalue weighted by Gasteiger charge is -2.25. The predicted octanol–water partition coefficient (Wildman–Crippen LogP) is 4.60. The number of nitrogens with zero attached hydrogens (tertiary/aromatic N) is 4. The Hall–Kier alpha value is -2.41. The van der Waals surface area contributed by atoms with E-state index >= 15 is 0 Å². The second-order valence-electron chi connectivity index (χ2n) is 6.48. The van der Waals surface area contributed by atoms with Crippen LogP contribution in [0, 0.1) is 0 Å². The van der Waals surface area contributed by atoms with Gasteiger partial charge in [0.25, 0.3) is 0 Å². The molecule has 1 atom stereocenters. The van der Waals surface area contributed by atoms with Gasteiger partial charge in [-0.15, -0.1) is 0 Å². The second-order valence-corrected chi connectivity index (χ2v) is 7.30. The van der Waals surface area contributed by atoms with Gasteiger partial charge in [0.2, 0.25) is 5.91 Å². The molecule has 146 valence electrons. The van der Waals surface area contributed by atoms with Crippen molar-refractivity contribution in [3.63, 3.8) is 0 Å². The van der Waals surface area contributed by atoms with Crippen LogP contribution in [-0.4, -0.2) is 39.2 Å². The normalized spacial score (nSPS) is 12.2. The molecule has 0 fully saturated rings. The van der Waals surface area contributed by atoms with E-state index in [-0.39, 0.29) is 11.9 Å². The fraction of sp³-hybridized carbons (Fsp3) is 0.250. The molecule has 6 nitrogen and oxygen atoms in total. The predicted molar refractivity (Wildman–Crippen MR) is 112 cm³/mol. The Labute approximate surface area is 174 Å². The summed E-state index contributed by atoms with van der Waals surface area (Å²) in [5, 5.41) is 7.77. The van der Waals surface area contributed by atoms with Crippen LogP contribution in [-0.2, 0) is 4.79 Å². The minimum Gasteiger partial charge on any atom is -0.324 e. The maximum Gasteiger partial charge on any atom is 0.225 e. The Balaban J connectivity index is 1.55. The molecule has 0 aliphatic carbocycles. The zero-order valence-electron chi connectivity index (χ0n) is 15.6. The van der Waals surface area contributed by atoms with E-state index in [2.05, 4.69) is 39.4 Å². The van der Waals surface area contributed by atoms with E-state index in [1.165, 1.54) is 6.33 Å². The molecule has 28 heavy (non-hydrogen) atoms. The first-order valence-corrected chi connectivity index (χ1v) is 9.60. The van der Waals surface area contributed by atoms with Crippen LogP contribution in [0.15, 0.2) is 55.1 Å². The molecule has 0 spiro atoms. The van der Waals surface area contributed by atoms with Gasteiger partial charge in [-0.2, -0.15) is 5.10 Å². The smallest absolute Gasteiger partial charge is 0.225 e. The van der Waals surface area contributed by atoms with Crippen LogP contribution in [0.4, 0.5) is 5.69 Å². The molecule has 2 aromatic carbocycles. The third-order valence-electron chi connectivity index (χ3n) is 4.64. The lowest BCUT2D eigenvalue weighted by atomic mass is 10.1. The molecule has 0 saturated carbocycles. The van der Waals surface area contributed by atoms with Crippen LogP contribution in [0.3, 0.4) is 0 Å². The van der Waals surface area contributed by atoms with Crippen molar-refractivity contribution in [1.29, 1.82) is 0 Å². The number of carbonyl (C=O) groups is 1. The van der Waals surface area contributed by atoms with Crippen molar-refractivity contribution in [3.05, 3.63) is 70.7 Å². The Kier molecular flexibility index (Phi) is 6.67. The van der Waals surface area contributed by atoms with Gasteiger partial charge in [0.15, 0.2) is 0 Å². The van der Waals surface area contributed by atoms with Crippen molar-refractivity contribution < 1.29 is 4.79 Å². The Bertz CT molecular complexity index is 908. The zero-order chi connectivity index (χ0) is 20.1. The van der Waals surface area contributed by atoms with Gasteiger partial charge in [0.1, 0.15) is 12.7 Å². The SMILES string of the molecule is CC(c1ccc(-n2cncn2)cc1)N(C)CCC(=O)Nc1c(Cl)cccc1Cl. The molecule has 1 N–H and O–H groups in total. The van der Waals surface area contributed by atoms with Gasteiger partial charge >= 0.3 is 0 Å². The first-order valence-electron chi connectivity index (χ1n) is 8.85. The number of carbonyl (C=O) groups excluding carboxylic acids is 1.